The molecule has 3 aromatic rings. The van der Waals surface area contributed by atoms with Crippen molar-refractivity contribution in [1.82, 2.24) is 0 Å². The van der Waals surface area contributed by atoms with Crippen LogP contribution >= 0.6 is 23.5 Å². The maximum atomic E-state index is 5.71. The van der Waals surface area contributed by atoms with Crippen molar-refractivity contribution in [3.8, 4) is 0 Å². The van der Waals surface area contributed by atoms with Crippen LogP contribution in [0.5, 0.6) is 0 Å². The molecule has 0 atom stereocenters. The molecule has 1 heterocycles. The second kappa shape index (κ2) is 6.67. The number of hydrogen-bond acceptors (Lipinski definition) is 4. The van der Waals surface area contributed by atoms with Crippen LogP contribution in [0, 0.1) is 0 Å². The number of rotatable bonds is 4. The quantitative estimate of drug-likeness (QED) is 0.528. The van der Waals surface area contributed by atoms with Gasteiger partial charge in [0.05, 0.1) is 0 Å². The summed E-state index contributed by atoms with van der Waals surface area (Å²) in [5, 5.41) is 0. The third kappa shape index (κ3) is 4.11. The van der Waals surface area contributed by atoms with Crippen LogP contribution in [-0.2, 0) is 0 Å². The first-order chi connectivity index (χ1) is 10.2. The van der Waals surface area contributed by atoms with Crippen LogP contribution in [0.15, 0.2) is 78.0 Å². The number of anilines is 2. The van der Waals surface area contributed by atoms with E-state index in [-0.39, 0.29) is 0 Å². The van der Waals surface area contributed by atoms with Gasteiger partial charge in [0, 0.05) is 0 Å². The Labute approximate surface area is 138 Å². The Hall–Kier alpha value is -1.26. The van der Waals surface area contributed by atoms with Crippen molar-refractivity contribution in [2.45, 2.75) is 17.3 Å². The van der Waals surface area contributed by atoms with Crippen molar-refractivity contribution in [1.29, 1.82) is 0 Å². The summed E-state index contributed by atoms with van der Waals surface area (Å²) in [6, 6.07) is 20.5. The van der Waals surface area contributed by atoms with E-state index in [1.165, 1.54) is 17.3 Å². The zero-order chi connectivity index (χ0) is 14.7. The Morgan fingerprint density at radius 1 is 0.571 bits per heavy atom. The Bertz CT molecular complexity index is 659. The van der Waals surface area contributed by atoms with Gasteiger partial charge >= 0.3 is 139 Å². The minimum atomic E-state index is 0.387. The number of benzene rings is 2. The van der Waals surface area contributed by atoms with Gasteiger partial charge in [0.15, 0.2) is 0 Å². The van der Waals surface area contributed by atoms with Crippen molar-refractivity contribution in [2.24, 2.45) is 0 Å². The molecule has 2 aromatic carbocycles. The molecule has 0 unspecified atom stereocenters. The van der Waals surface area contributed by atoms with Gasteiger partial charge in [-0.05, 0) is 0 Å². The van der Waals surface area contributed by atoms with Crippen LogP contribution in [0.1, 0.15) is 0 Å². The van der Waals surface area contributed by atoms with Gasteiger partial charge in [-0.15, -0.1) is 0 Å². The van der Waals surface area contributed by atoms with Crippen LogP contribution in [0.4, 0.5) is 11.4 Å². The van der Waals surface area contributed by atoms with Crippen molar-refractivity contribution in [2.75, 3.05) is 11.5 Å². The number of nitrogens with two attached hydrogens (primary N) is 2. The normalized spacial score (nSPS) is 10.7. The summed E-state index contributed by atoms with van der Waals surface area (Å²) >= 11 is 4.04. The van der Waals surface area contributed by atoms with E-state index in [9.17, 15) is 0 Å². The maximum absolute atomic E-state index is 5.71. The predicted molar refractivity (Wildman–Crippen MR) is 93.3 cm³/mol. The minimum absolute atomic E-state index is 0.387. The van der Waals surface area contributed by atoms with Crippen LogP contribution in [0.25, 0.3) is 0 Å². The van der Waals surface area contributed by atoms with Gasteiger partial charge in [0.25, 0.3) is 0 Å². The van der Waals surface area contributed by atoms with Gasteiger partial charge in [-0.1, -0.05) is 0 Å². The zero-order valence-electron chi connectivity index (χ0n) is 11.2. The first-order valence-corrected chi connectivity index (χ1v) is 9.70. The van der Waals surface area contributed by atoms with E-state index in [1.807, 2.05) is 47.8 Å². The molecule has 0 aliphatic carbocycles. The average molecular weight is 377 g/mol. The molecule has 0 fully saturated rings. The van der Waals surface area contributed by atoms with Crippen LogP contribution < -0.4 is 11.5 Å². The van der Waals surface area contributed by atoms with Gasteiger partial charge in [-0.3, -0.25) is 0 Å². The number of hydrogen-bond donors (Lipinski definition) is 2. The topological polar surface area (TPSA) is 52.0 Å². The van der Waals surface area contributed by atoms with Crippen LogP contribution in [0.2, 0.25) is 0 Å². The zero-order valence-corrected chi connectivity index (χ0v) is 14.5. The van der Waals surface area contributed by atoms with Gasteiger partial charge < -0.3 is 0 Å². The van der Waals surface area contributed by atoms with Crippen LogP contribution in [0.3, 0.4) is 0 Å². The summed E-state index contributed by atoms with van der Waals surface area (Å²) in [5.41, 5.74) is 13.0. The molecule has 106 valence electrons. The van der Waals surface area contributed by atoms with Gasteiger partial charge in [0.2, 0.25) is 0 Å². The van der Waals surface area contributed by atoms with Gasteiger partial charge in [-0.2, -0.15) is 0 Å². The molecule has 21 heavy (non-hydrogen) atoms. The summed E-state index contributed by atoms with van der Waals surface area (Å²) in [7, 11) is 0. The molecule has 0 saturated heterocycles. The molecule has 3 rings (SSSR count). The molecular formula is C16H14N2S2Se. The Morgan fingerprint density at radius 3 is 1.33 bits per heavy atom. The average Bonchev–Trinajstić information content (AvgIpc) is 2.91. The molecule has 0 saturated carbocycles. The molecule has 1 aromatic heterocycles. The Morgan fingerprint density at radius 2 is 0.952 bits per heavy atom. The predicted octanol–water partition coefficient (Wildman–Crippen LogP) is 4.21. The van der Waals surface area contributed by atoms with E-state index >= 15 is 0 Å². The van der Waals surface area contributed by atoms with Crippen LogP contribution in [-0.4, -0.2) is 14.5 Å². The van der Waals surface area contributed by atoms with E-state index in [1.54, 1.807) is 0 Å². The molecule has 0 spiro atoms. The summed E-state index contributed by atoms with van der Waals surface area (Å²) < 4.78 is 2.84. The van der Waals surface area contributed by atoms with Gasteiger partial charge in [0.1, 0.15) is 0 Å². The third-order valence-corrected chi connectivity index (χ3v) is 7.77. The van der Waals surface area contributed by atoms with Crippen molar-refractivity contribution in [3.05, 3.63) is 60.7 Å². The first-order valence-electron chi connectivity index (χ1n) is 6.36. The third-order valence-electron chi connectivity index (χ3n) is 2.75. The van der Waals surface area contributed by atoms with Crippen molar-refractivity contribution < 1.29 is 0 Å². The van der Waals surface area contributed by atoms with Crippen molar-refractivity contribution in [3.63, 3.8) is 0 Å². The summed E-state index contributed by atoms with van der Waals surface area (Å²) in [5.74, 6) is 0. The summed E-state index contributed by atoms with van der Waals surface area (Å²) in [6.45, 7) is 0. The molecule has 0 aliphatic heterocycles. The molecule has 0 radical (unpaired) electrons. The monoisotopic (exact) mass is 378 g/mol. The second-order valence-electron chi connectivity index (χ2n) is 4.42. The second-order valence-corrected chi connectivity index (χ2v) is 10.1. The van der Waals surface area contributed by atoms with E-state index in [4.69, 9.17) is 11.5 Å². The Kier molecular flexibility index (Phi) is 4.66. The van der Waals surface area contributed by atoms with E-state index < -0.39 is 0 Å². The molecule has 4 N–H and O–H groups in total. The standard InChI is InChI=1S/C16H14N2S2Se/c17-11-1-5-13(6-2-11)19-15-9-10-16(21-15)20-14-7-3-12(18)4-8-14/h1-10H,17-18H2. The SMILES string of the molecule is Nc1ccc(Sc2ccc(Sc3ccc(N)cc3)[se]2)cc1. The molecular weight excluding hydrogens is 363 g/mol. The molecule has 5 heteroatoms. The Balaban J connectivity index is 1.68. The fourth-order valence-corrected chi connectivity index (χ4v) is 7.01. The molecule has 2 nitrogen and oxygen atoms in total. The number of nitrogen functional groups attached to an aromatic ring is 2. The summed E-state index contributed by atoms with van der Waals surface area (Å²) in [4.78, 5) is 2.48. The van der Waals surface area contributed by atoms with E-state index in [2.05, 4.69) is 36.4 Å². The van der Waals surface area contributed by atoms with E-state index in [0.717, 1.165) is 11.4 Å². The fourth-order valence-electron chi connectivity index (χ4n) is 1.72. The first kappa shape index (κ1) is 14.7. The van der Waals surface area contributed by atoms with Crippen molar-refractivity contribution >= 4 is 49.4 Å². The summed E-state index contributed by atoms with van der Waals surface area (Å²) in [6.07, 6.45) is 0. The van der Waals surface area contributed by atoms with Gasteiger partial charge in [-0.25, -0.2) is 0 Å². The molecule has 0 aliphatic rings. The molecule has 0 bridgehead atoms. The molecule has 0 amide bonds. The fraction of sp³-hybridized carbons (Fsp3) is 0. The van der Waals surface area contributed by atoms with E-state index in [0.29, 0.717) is 14.5 Å².